The number of carbonyl (C=O) groups excluding carboxylic acids is 2. The van der Waals surface area contributed by atoms with Crippen LogP contribution in [0.3, 0.4) is 0 Å². The number of carboxylic acids is 1. The van der Waals surface area contributed by atoms with Crippen molar-refractivity contribution in [1.82, 2.24) is 10.2 Å². The zero-order valence-electron chi connectivity index (χ0n) is 14.8. The number of carboxylic acid groups (broad SMARTS) is 1. The summed E-state index contributed by atoms with van der Waals surface area (Å²) in [5.74, 6) is -1.91. The van der Waals surface area contributed by atoms with Gasteiger partial charge < -0.3 is 26.8 Å². The molecular weight excluding hydrogens is 356 g/mol. The highest BCUT2D eigenvalue weighted by Gasteiger charge is 2.52. The van der Waals surface area contributed by atoms with Crippen molar-refractivity contribution >= 4 is 29.1 Å². The van der Waals surface area contributed by atoms with Gasteiger partial charge in [0.05, 0.1) is 6.04 Å². The summed E-state index contributed by atoms with van der Waals surface area (Å²) in [5, 5.41) is 16.2. The maximum Gasteiger partial charge on any atom is 0.334 e. The van der Waals surface area contributed by atoms with Crippen molar-refractivity contribution in [3.8, 4) is 0 Å². The van der Waals surface area contributed by atoms with E-state index in [1.54, 1.807) is 16.8 Å². The van der Waals surface area contributed by atoms with Crippen LogP contribution in [0.2, 0.25) is 0 Å². The topological polar surface area (TPSA) is 139 Å². The number of thiophene rings is 1. The van der Waals surface area contributed by atoms with Gasteiger partial charge in [-0.2, -0.15) is 11.3 Å². The molecule has 1 fully saturated rings. The van der Waals surface area contributed by atoms with Gasteiger partial charge in [0.15, 0.2) is 5.54 Å². The Balaban J connectivity index is 2.33. The summed E-state index contributed by atoms with van der Waals surface area (Å²) < 4.78 is 0. The molecule has 1 saturated heterocycles. The molecule has 2 heterocycles. The van der Waals surface area contributed by atoms with Crippen LogP contribution in [0.25, 0.3) is 0 Å². The third-order valence-electron chi connectivity index (χ3n) is 4.72. The van der Waals surface area contributed by atoms with Crippen LogP contribution in [0, 0.1) is 0 Å². The van der Waals surface area contributed by atoms with Crippen molar-refractivity contribution in [3.05, 3.63) is 22.4 Å². The van der Waals surface area contributed by atoms with Crippen LogP contribution in [0.5, 0.6) is 0 Å². The van der Waals surface area contributed by atoms with Crippen molar-refractivity contribution in [2.75, 3.05) is 13.1 Å². The summed E-state index contributed by atoms with van der Waals surface area (Å²) in [6, 6.07) is 0.134. The molecule has 9 heteroatoms. The van der Waals surface area contributed by atoms with E-state index in [9.17, 15) is 19.5 Å². The van der Waals surface area contributed by atoms with E-state index >= 15 is 0 Å². The summed E-state index contributed by atoms with van der Waals surface area (Å²) >= 11 is 1.39. The van der Waals surface area contributed by atoms with Crippen molar-refractivity contribution in [2.24, 2.45) is 11.5 Å². The Kier molecular flexibility index (Phi) is 6.74. The third kappa shape index (κ3) is 3.89. The van der Waals surface area contributed by atoms with Crippen LogP contribution >= 0.6 is 11.3 Å². The van der Waals surface area contributed by atoms with Gasteiger partial charge >= 0.3 is 5.97 Å². The summed E-state index contributed by atoms with van der Waals surface area (Å²) in [6.07, 6.45) is 1.79. The minimum atomic E-state index is -1.39. The Labute approximate surface area is 156 Å². The number of likely N-dealkylation sites (tertiary alicyclic amines) is 1. The predicted octanol–water partition coefficient (Wildman–Crippen LogP) is 0.221. The van der Waals surface area contributed by atoms with Gasteiger partial charge in [-0.25, -0.2) is 4.79 Å². The highest BCUT2D eigenvalue weighted by atomic mass is 32.1. The lowest BCUT2D eigenvalue weighted by atomic mass is 9.88. The molecule has 144 valence electrons. The van der Waals surface area contributed by atoms with Gasteiger partial charge in [0, 0.05) is 6.54 Å². The first-order chi connectivity index (χ1) is 12.3. The van der Waals surface area contributed by atoms with E-state index in [-0.39, 0.29) is 0 Å². The van der Waals surface area contributed by atoms with E-state index in [0.717, 1.165) is 0 Å². The zero-order valence-corrected chi connectivity index (χ0v) is 15.6. The molecule has 3 atom stereocenters. The minimum absolute atomic E-state index is 0.328. The van der Waals surface area contributed by atoms with E-state index < -0.39 is 35.4 Å². The first-order valence-electron chi connectivity index (χ1n) is 8.68. The average molecular weight is 382 g/mol. The van der Waals surface area contributed by atoms with E-state index in [4.69, 9.17) is 11.5 Å². The molecule has 0 aromatic carbocycles. The maximum absolute atomic E-state index is 13.2. The number of nitrogens with two attached hydrogens (primary N) is 2. The molecule has 2 rings (SSSR count). The third-order valence-corrected chi connectivity index (χ3v) is 5.41. The van der Waals surface area contributed by atoms with E-state index in [0.29, 0.717) is 44.3 Å². The highest BCUT2D eigenvalue weighted by Crippen LogP contribution is 2.40. The Bertz CT molecular complexity index is 649. The van der Waals surface area contributed by atoms with Gasteiger partial charge in [-0.3, -0.25) is 9.59 Å². The molecule has 1 aliphatic heterocycles. The first-order valence-corrected chi connectivity index (χ1v) is 9.62. The molecule has 6 N–H and O–H groups in total. The van der Waals surface area contributed by atoms with Crippen molar-refractivity contribution in [2.45, 2.75) is 50.2 Å². The quantitative estimate of drug-likeness (QED) is 0.507. The predicted molar refractivity (Wildman–Crippen MR) is 98.4 cm³/mol. The number of hydrogen-bond donors (Lipinski definition) is 4. The smallest absolute Gasteiger partial charge is 0.334 e. The molecule has 0 unspecified atom stereocenters. The van der Waals surface area contributed by atoms with Gasteiger partial charge in [-0.1, -0.05) is 0 Å². The fourth-order valence-electron chi connectivity index (χ4n) is 3.33. The van der Waals surface area contributed by atoms with Gasteiger partial charge in [0.1, 0.15) is 6.04 Å². The zero-order chi connectivity index (χ0) is 19.3. The SMILES string of the molecule is C[C@H](N)C(=O)N[C@@H](CCCN)C(=O)N1CCC[C@]1(C(=O)O)c1ccsc1. The number of carbonyl (C=O) groups is 3. The average Bonchev–Trinajstić information content (AvgIpc) is 3.26. The molecule has 0 radical (unpaired) electrons. The second kappa shape index (κ2) is 8.61. The Morgan fingerprint density at radius 1 is 1.46 bits per heavy atom. The molecule has 0 bridgehead atoms. The fraction of sp³-hybridized carbons (Fsp3) is 0.588. The number of rotatable bonds is 8. The fourth-order valence-corrected chi connectivity index (χ4v) is 4.06. The summed E-state index contributed by atoms with van der Waals surface area (Å²) in [5.41, 5.74) is 10.3. The first kappa shape index (κ1) is 20.3. The number of nitrogens with zero attached hydrogens (tertiary/aromatic N) is 1. The Morgan fingerprint density at radius 2 is 2.19 bits per heavy atom. The second-order valence-electron chi connectivity index (χ2n) is 6.55. The van der Waals surface area contributed by atoms with Gasteiger partial charge in [-0.15, -0.1) is 0 Å². The molecule has 0 spiro atoms. The normalized spacial score (nSPS) is 22.0. The number of aliphatic carboxylic acids is 1. The highest BCUT2D eigenvalue weighted by molar-refractivity contribution is 7.08. The molecule has 1 aromatic rings. The van der Waals surface area contributed by atoms with Gasteiger partial charge in [0.25, 0.3) is 0 Å². The lowest BCUT2D eigenvalue weighted by Gasteiger charge is -2.37. The second-order valence-corrected chi connectivity index (χ2v) is 7.33. The molecule has 8 nitrogen and oxygen atoms in total. The molecule has 0 saturated carbocycles. The van der Waals surface area contributed by atoms with E-state index in [1.165, 1.54) is 23.2 Å². The molecule has 0 aliphatic carbocycles. The van der Waals surface area contributed by atoms with Crippen LogP contribution in [-0.4, -0.2) is 53.0 Å². The number of nitrogens with one attached hydrogen (secondary N) is 1. The maximum atomic E-state index is 13.2. The Morgan fingerprint density at radius 3 is 2.73 bits per heavy atom. The molecule has 1 aliphatic rings. The molecular formula is C17H26N4O4S. The van der Waals surface area contributed by atoms with Crippen molar-refractivity contribution in [3.63, 3.8) is 0 Å². The van der Waals surface area contributed by atoms with Crippen molar-refractivity contribution < 1.29 is 19.5 Å². The van der Waals surface area contributed by atoms with Crippen LogP contribution in [0.1, 0.15) is 38.2 Å². The van der Waals surface area contributed by atoms with Gasteiger partial charge in [0.2, 0.25) is 11.8 Å². The van der Waals surface area contributed by atoms with Crippen molar-refractivity contribution in [1.29, 1.82) is 0 Å². The lowest BCUT2D eigenvalue weighted by molar-refractivity contribution is -0.158. The summed E-state index contributed by atoms with van der Waals surface area (Å²) in [4.78, 5) is 38.8. The monoisotopic (exact) mass is 382 g/mol. The molecule has 1 aromatic heterocycles. The Hall–Kier alpha value is -1.97. The van der Waals surface area contributed by atoms with Crippen LogP contribution in [0.15, 0.2) is 16.8 Å². The van der Waals surface area contributed by atoms with E-state index in [1.807, 2.05) is 0 Å². The van der Waals surface area contributed by atoms with Crippen LogP contribution in [-0.2, 0) is 19.9 Å². The minimum Gasteiger partial charge on any atom is -0.479 e. The summed E-state index contributed by atoms with van der Waals surface area (Å²) in [6.45, 7) is 2.23. The van der Waals surface area contributed by atoms with Gasteiger partial charge in [-0.05, 0) is 61.5 Å². The summed E-state index contributed by atoms with van der Waals surface area (Å²) in [7, 11) is 0. The molecule has 2 amide bonds. The molecule has 26 heavy (non-hydrogen) atoms. The number of amides is 2. The van der Waals surface area contributed by atoms with E-state index in [2.05, 4.69) is 5.32 Å². The van der Waals surface area contributed by atoms with Crippen LogP contribution in [0.4, 0.5) is 0 Å². The lowest BCUT2D eigenvalue weighted by Crippen LogP contribution is -2.58. The standard InChI is InChI=1S/C17H26N4O4S/c1-11(19)14(22)20-13(4-2-7-18)15(23)21-8-3-6-17(21,16(24)25)12-5-9-26-10-12/h5,9-11,13H,2-4,6-8,18-19H2,1H3,(H,20,22)(H,24,25)/t11-,13-,17+/m0/s1. The van der Waals surface area contributed by atoms with Crippen LogP contribution < -0.4 is 16.8 Å². The largest absolute Gasteiger partial charge is 0.479 e. The number of hydrogen-bond acceptors (Lipinski definition) is 6.